The second-order valence-corrected chi connectivity index (χ2v) is 6.83. The summed E-state index contributed by atoms with van der Waals surface area (Å²) in [5.74, 6) is -4.93. The molecule has 1 N–H and O–H groups in total. The summed E-state index contributed by atoms with van der Waals surface area (Å²) in [5, 5.41) is 8.71. The maximum Gasteiger partial charge on any atom is 0.461 e. The van der Waals surface area contributed by atoms with E-state index in [1.54, 1.807) is 0 Å². The largest absolute Gasteiger partial charge is 0.461 e. The Kier molecular flexibility index (Phi) is 7.85. The Balaban J connectivity index is 2.31. The first-order valence-corrected chi connectivity index (χ1v) is 10.4. The molecule has 1 atom stereocenters. The van der Waals surface area contributed by atoms with Gasteiger partial charge in [0.25, 0.3) is 29.5 Å². The Morgan fingerprint density at radius 1 is 0.867 bits per heavy atom. The average molecular weight is 558 g/mol. The standard InChI is InChI=1S/C14H14Br2N4O10/c15-5-11(25)17(13(27)29-19-7(21)1-2-8(19)22)18(12(26)6-16)14(28)30-20-9(23)3-4-10(20)24/h7,21H,1-6H2. The highest BCUT2D eigenvalue weighted by atomic mass is 79.9. The topological polar surface area (TPSA) is 171 Å². The molecule has 16 heteroatoms. The molecule has 0 aromatic carbocycles. The molecule has 0 saturated carbocycles. The highest BCUT2D eigenvalue weighted by Gasteiger charge is 2.44. The molecule has 164 valence electrons. The van der Waals surface area contributed by atoms with Crippen molar-refractivity contribution in [1.29, 1.82) is 0 Å². The van der Waals surface area contributed by atoms with Crippen molar-refractivity contribution in [2.45, 2.75) is 31.9 Å². The molecule has 2 aliphatic heterocycles. The van der Waals surface area contributed by atoms with Crippen LogP contribution >= 0.6 is 31.9 Å². The molecule has 0 bridgehead atoms. The summed E-state index contributed by atoms with van der Waals surface area (Å²) in [6.07, 6.45) is -5.59. The Labute approximate surface area is 184 Å². The van der Waals surface area contributed by atoms with Crippen LogP contribution in [0, 0.1) is 0 Å². The number of hydrogen-bond acceptors (Lipinski definition) is 10. The van der Waals surface area contributed by atoms with E-state index in [2.05, 4.69) is 41.5 Å². The van der Waals surface area contributed by atoms with Gasteiger partial charge in [-0.2, -0.15) is 0 Å². The van der Waals surface area contributed by atoms with Gasteiger partial charge in [0.2, 0.25) is 0 Å². The van der Waals surface area contributed by atoms with Crippen LogP contribution in [-0.4, -0.2) is 83.9 Å². The summed E-state index contributed by atoms with van der Waals surface area (Å²) in [4.78, 5) is 93.8. The molecule has 1 unspecified atom stereocenters. The molecular formula is C14H14Br2N4O10. The molecule has 2 rings (SSSR count). The Bertz CT molecular complexity index is 790. The molecule has 7 amide bonds. The van der Waals surface area contributed by atoms with Gasteiger partial charge in [-0.15, -0.1) is 20.1 Å². The average Bonchev–Trinajstić information content (AvgIpc) is 3.20. The summed E-state index contributed by atoms with van der Waals surface area (Å²) in [5.41, 5.74) is 0. The molecule has 2 saturated heterocycles. The zero-order valence-corrected chi connectivity index (χ0v) is 18.2. The fraction of sp³-hybridized carbons (Fsp3) is 0.500. The van der Waals surface area contributed by atoms with Crippen molar-refractivity contribution in [2.24, 2.45) is 0 Å². The van der Waals surface area contributed by atoms with Crippen LogP contribution in [0.3, 0.4) is 0 Å². The molecule has 30 heavy (non-hydrogen) atoms. The van der Waals surface area contributed by atoms with E-state index >= 15 is 0 Å². The van der Waals surface area contributed by atoms with Gasteiger partial charge in [0.05, 0.1) is 10.7 Å². The van der Waals surface area contributed by atoms with Crippen LogP contribution in [0.1, 0.15) is 25.7 Å². The van der Waals surface area contributed by atoms with Gasteiger partial charge < -0.3 is 14.8 Å². The maximum atomic E-state index is 12.5. The highest BCUT2D eigenvalue weighted by molar-refractivity contribution is 9.09. The first-order valence-electron chi connectivity index (χ1n) is 8.19. The lowest BCUT2D eigenvalue weighted by atomic mass is 10.4. The van der Waals surface area contributed by atoms with Crippen molar-refractivity contribution in [3.63, 3.8) is 0 Å². The van der Waals surface area contributed by atoms with Crippen molar-refractivity contribution >= 4 is 73.6 Å². The van der Waals surface area contributed by atoms with Crippen molar-refractivity contribution in [2.75, 3.05) is 10.7 Å². The van der Waals surface area contributed by atoms with Gasteiger partial charge in [-0.3, -0.25) is 24.0 Å². The summed E-state index contributed by atoms with van der Waals surface area (Å²) >= 11 is 5.53. The third-order valence-corrected chi connectivity index (χ3v) is 4.69. The van der Waals surface area contributed by atoms with Gasteiger partial charge in [-0.05, 0) is 0 Å². The zero-order chi connectivity index (χ0) is 22.6. The second-order valence-electron chi connectivity index (χ2n) is 5.71. The lowest BCUT2D eigenvalue weighted by Crippen LogP contribution is -2.58. The van der Waals surface area contributed by atoms with E-state index in [-0.39, 0.29) is 45.8 Å². The summed E-state index contributed by atoms with van der Waals surface area (Å²) in [6, 6.07) is 0. The molecular weight excluding hydrogens is 544 g/mol. The number of aliphatic hydroxyl groups excluding tert-OH is 1. The predicted molar refractivity (Wildman–Crippen MR) is 97.4 cm³/mol. The number of amides is 7. The first-order chi connectivity index (χ1) is 14.1. The fourth-order valence-corrected chi connectivity index (χ4v) is 2.83. The number of hydrazine groups is 1. The van der Waals surface area contributed by atoms with E-state index in [1.807, 2.05) is 0 Å². The maximum absolute atomic E-state index is 12.5. The lowest BCUT2D eigenvalue weighted by molar-refractivity contribution is -0.202. The van der Waals surface area contributed by atoms with Gasteiger partial charge in [0.1, 0.15) is 0 Å². The van der Waals surface area contributed by atoms with Crippen LogP contribution in [-0.2, 0) is 33.6 Å². The van der Waals surface area contributed by atoms with Gasteiger partial charge in [0, 0.05) is 25.7 Å². The summed E-state index contributed by atoms with van der Waals surface area (Å²) in [7, 11) is 0. The van der Waals surface area contributed by atoms with Crippen LogP contribution in [0.15, 0.2) is 0 Å². The molecule has 14 nitrogen and oxygen atoms in total. The van der Waals surface area contributed by atoms with Crippen molar-refractivity contribution in [1.82, 2.24) is 20.1 Å². The minimum Gasteiger partial charge on any atom is -0.370 e. The summed E-state index contributed by atoms with van der Waals surface area (Å²) in [6.45, 7) is 0. The van der Waals surface area contributed by atoms with Crippen LogP contribution in [0.2, 0.25) is 0 Å². The third kappa shape index (κ3) is 4.93. The molecule has 0 aromatic heterocycles. The molecule has 0 aromatic rings. The van der Waals surface area contributed by atoms with Gasteiger partial charge in [-0.1, -0.05) is 31.9 Å². The Morgan fingerprint density at radius 3 is 1.73 bits per heavy atom. The molecule has 0 spiro atoms. The van der Waals surface area contributed by atoms with Gasteiger partial charge in [0.15, 0.2) is 6.23 Å². The number of carbonyl (C=O) groups is 7. The van der Waals surface area contributed by atoms with Crippen molar-refractivity contribution < 1.29 is 48.3 Å². The molecule has 2 fully saturated rings. The summed E-state index contributed by atoms with van der Waals surface area (Å²) < 4.78 is 0. The number of nitrogens with zero attached hydrogens (tertiary/aromatic N) is 4. The number of aliphatic hydroxyl groups is 1. The number of hydrogen-bond donors (Lipinski definition) is 1. The van der Waals surface area contributed by atoms with E-state index in [4.69, 9.17) is 0 Å². The molecule has 2 aliphatic rings. The smallest absolute Gasteiger partial charge is 0.370 e. The van der Waals surface area contributed by atoms with E-state index < -0.39 is 58.6 Å². The van der Waals surface area contributed by atoms with Crippen LogP contribution in [0.25, 0.3) is 0 Å². The van der Waals surface area contributed by atoms with Crippen molar-refractivity contribution in [3.05, 3.63) is 0 Å². The van der Waals surface area contributed by atoms with Crippen LogP contribution in [0.5, 0.6) is 0 Å². The minimum absolute atomic E-state index is 0.0518. The number of hydroxylamine groups is 4. The minimum atomic E-state index is -1.73. The fourth-order valence-electron chi connectivity index (χ4n) is 2.36. The SMILES string of the molecule is O=C1CCC(=O)N1OC(=O)N(C(=O)CBr)N(C(=O)CBr)C(=O)ON1C(=O)CCC1O. The highest BCUT2D eigenvalue weighted by Crippen LogP contribution is 2.20. The van der Waals surface area contributed by atoms with E-state index in [0.29, 0.717) is 0 Å². The second kappa shape index (κ2) is 9.94. The van der Waals surface area contributed by atoms with Crippen LogP contribution in [0.4, 0.5) is 9.59 Å². The Hall–Kier alpha value is -2.59. The number of rotatable bonds is 4. The number of alkyl halides is 2. The van der Waals surface area contributed by atoms with Gasteiger partial charge >= 0.3 is 12.2 Å². The quantitative estimate of drug-likeness (QED) is 0.271. The number of carbonyl (C=O) groups excluding carboxylic acids is 7. The monoisotopic (exact) mass is 556 g/mol. The van der Waals surface area contributed by atoms with Crippen molar-refractivity contribution in [3.8, 4) is 0 Å². The third-order valence-electron chi connectivity index (χ3n) is 3.73. The number of imide groups is 3. The zero-order valence-electron chi connectivity index (χ0n) is 15.0. The first kappa shape index (κ1) is 23.7. The van der Waals surface area contributed by atoms with Crippen LogP contribution < -0.4 is 0 Å². The molecule has 0 radical (unpaired) electrons. The van der Waals surface area contributed by atoms with E-state index in [9.17, 15) is 38.7 Å². The van der Waals surface area contributed by atoms with E-state index in [1.165, 1.54) is 0 Å². The predicted octanol–water partition coefficient (Wildman–Crippen LogP) is -0.459. The van der Waals surface area contributed by atoms with E-state index in [0.717, 1.165) is 0 Å². The molecule has 0 aliphatic carbocycles. The Morgan fingerprint density at radius 2 is 1.33 bits per heavy atom. The molecule has 2 heterocycles. The number of halogens is 2. The van der Waals surface area contributed by atoms with Gasteiger partial charge in [-0.25, -0.2) is 9.59 Å². The lowest BCUT2D eigenvalue weighted by Gasteiger charge is -2.30. The normalized spacial score (nSPS) is 18.5.